The van der Waals surface area contributed by atoms with E-state index < -0.39 is 5.56 Å². The van der Waals surface area contributed by atoms with Crippen molar-refractivity contribution >= 4 is 23.1 Å². The van der Waals surface area contributed by atoms with Crippen LogP contribution < -0.4 is 20.9 Å². The number of hydrogen-bond acceptors (Lipinski definition) is 7. The van der Waals surface area contributed by atoms with E-state index in [-0.39, 0.29) is 11.8 Å². The highest BCUT2D eigenvalue weighted by Gasteiger charge is 2.09. The summed E-state index contributed by atoms with van der Waals surface area (Å²) in [7, 11) is 1.57. The molecule has 0 radical (unpaired) electrons. The van der Waals surface area contributed by atoms with Crippen LogP contribution in [0.4, 0.5) is 23.1 Å². The summed E-state index contributed by atoms with van der Waals surface area (Å²) in [6, 6.07) is 14.4. The predicted octanol–water partition coefficient (Wildman–Crippen LogP) is 2.84. The van der Waals surface area contributed by atoms with Crippen molar-refractivity contribution in [2.75, 3.05) is 17.7 Å². The molecule has 0 fully saturated rings. The van der Waals surface area contributed by atoms with Gasteiger partial charge in [-0.1, -0.05) is 6.07 Å². The highest BCUT2D eigenvalue weighted by molar-refractivity contribution is 5.64. The lowest BCUT2D eigenvalue weighted by Crippen LogP contribution is -2.17. The highest BCUT2D eigenvalue weighted by atomic mass is 16.5. The van der Waals surface area contributed by atoms with Gasteiger partial charge in [0.25, 0.3) is 0 Å². The second-order valence-electron chi connectivity index (χ2n) is 5.48. The number of H-pyrrole nitrogens is 1. The van der Waals surface area contributed by atoms with Crippen LogP contribution in [-0.4, -0.2) is 22.3 Å². The highest BCUT2D eigenvalue weighted by Crippen LogP contribution is 2.27. The molecule has 0 bridgehead atoms. The molecule has 0 amide bonds. The molecule has 0 saturated heterocycles. The van der Waals surface area contributed by atoms with Gasteiger partial charge in [-0.05, 0) is 48.9 Å². The minimum absolute atomic E-state index is 0.0817. The molecule has 130 valence electrons. The van der Waals surface area contributed by atoms with Crippen molar-refractivity contribution in [3.63, 3.8) is 0 Å². The Morgan fingerprint density at radius 1 is 1.15 bits per heavy atom. The van der Waals surface area contributed by atoms with Gasteiger partial charge in [0, 0.05) is 5.69 Å². The molecule has 0 aliphatic rings. The zero-order valence-corrected chi connectivity index (χ0v) is 14.2. The van der Waals surface area contributed by atoms with Crippen molar-refractivity contribution in [1.82, 2.24) is 15.2 Å². The molecular weight excluding hydrogens is 332 g/mol. The van der Waals surface area contributed by atoms with E-state index in [2.05, 4.69) is 25.8 Å². The van der Waals surface area contributed by atoms with Gasteiger partial charge in [-0.25, -0.2) is 5.10 Å². The molecule has 0 unspecified atom stereocenters. The lowest BCUT2D eigenvalue weighted by Gasteiger charge is -2.11. The van der Waals surface area contributed by atoms with Crippen molar-refractivity contribution in [1.29, 1.82) is 5.26 Å². The number of ether oxygens (including phenoxy) is 1. The number of benzene rings is 2. The Bertz CT molecular complexity index is 1020. The molecule has 26 heavy (non-hydrogen) atoms. The van der Waals surface area contributed by atoms with Gasteiger partial charge in [0.1, 0.15) is 5.75 Å². The number of hydrogen-bond donors (Lipinski definition) is 3. The molecule has 8 heteroatoms. The van der Waals surface area contributed by atoms with Crippen molar-refractivity contribution in [2.45, 2.75) is 6.92 Å². The summed E-state index contributed by atoms with van der Waals surface area (Å²) in [5.74, 6) is 0.933. The Balaban J connectivity index is 1.85. The number of rotatable bonds is 5. The predicted molar refractivity (Wildman–Crippen MR) is 98.1 cm³/mol. The number of nitriles is 1. The van der Waals surface area contributed by atoms with Gasteiger partial charge >= 0.3 is 5.56 Å². The summed E-state index contributed by atoms with van der Waals surface area (Å²) in [6.45, 7) is 1.96. The van der Waals surface area contributed by atoms with Crippen molar-refractivity contribution in [3.05, 3.63) is 63.9 Å². The Labute approximate surface area is 149 Å². The zero-order valence-electron chi connectivity index (χ0n) is 14.2. The number of nitrogens with zero attached hydrogens (tertiary/aromatic N) is 3. The van der Waals surface area contributed by atoms with E-state index in [1.165, 1.54) is 0 Å². The van der Waals surface area contributed by atoms with Gasteiger partial charge in [-0.3, -0.25) is 4.79 Å². The van der Waals surface area contributed by atoms with Gasteiger partial charge in [-0.15, -0.1) is 5.10 Å². The van der Waals surface area contributed by atoms with E-state index in [1.807, 2.05) is 31.2 Å². The Morgan fingerprint density at radius 2 is 1.92 bits per heavy atom. The molecule has 0 aliphatic heterocycles. The molecule has 2 aromatic carbocycles. The number of methoxy groups -OCH3 is 1. The third kappa shape index (κ3) is 3.79. The Hall–Kier alpha value is -3.86. The maximum Gasteiger partial charge on any atom is 0.307 e. The van der Waals surface area contributed by atoms with E-state index >= 15 is 0 Å². The molecule has 0 aliphatic carbocycles. The molecule has 3 N–H and O–H groups in total. The second-order valence-corrected chi connectivity index (χ2v) is 5.48. The summed E-state index contributed by atoms with van der Waals surface area (Å²) in [5, 5.41) is 21.1. The third-order valence-electron chi connectivity index (χ3n) is 3.58. The lowest BCUT2D eigenvalue weighted by atomic mass is 10.2. The van der Waals surface area contributed by atoms with Gasteiger partial charge in [0.05, 0.1) is 24.4 Å². The fourth-order valence-corrected chi connectivity index (χ4v) is 2.27. The average Bonchev–Trinajstić information content (AvgIpc) is 2.66. The number of aromatic amines is 1. The first-order valence-corrected chi connectivity index (χ1v) is 7.74. The number of anilines is 4. The first-order chi connectivity index (χ1) is 12.6. The molecule has 0 saturated carbocycles. The quantitative estimate of drug-likeness (QED) is 0.649. The van der Waals surface area contributed by atoms with Crippen LogP contribution >= 0.6 is 0 Å². The van der Waals surface area contributed by atoms with E-state index in [1.54, 1.807) is 31.4 Å². The van der Waals surface area contributed by atoms with Crippen LogP contribution in [0.5, 0.6) is 5.75 Å². The normalized spacial score (nSPS) is 10.0. The zero-order chi connectivity index (χ0) is 18.5. The number of aromatic nitrogens is 3. The lowest BCUT2D eigenvalue weighted by molar-refractivity contribution is 0.416. The summed E-state index contributed by atoms with van der Waals surface area (Å²) in [6.07, 6.45) is 0. The number of aryl methyl sites for hydroxylation is 1. The fourth-order valence-electron chi connectivity index (χ4n) is 2.27. The van der Waals surface area contributed by atoms with E-state index in [9.17, 15) is 4.79 Å². The summed E-state index contributed by atoms with van der Waals surface area (Å²) in [4.78, 5) is 16.2. The van der Waals surface area contributed by atoms with Crippen LogP contribution in [0.1, 0.15) is 11.1 Å². The molecular formula is C18H16N6O2. The van der Waals surface area contributed by atoms with Crippen LogP contribution in [0.15, 0.2) is 47.3 Å². The molecule has 3 aromatic rings. The van der Waals surface area contributed by atoms with Crippen LogP contribution in [0, 0.1) is 18.3 Å². The summed E-state index contributed by atoms with van der Waals surface area (Å²) in [5.41, 5.74) is 2.43. The van der Waals surface area contributed by atoms with Crippen LogP contribution in [0.3, 0.4) is 0 Å². The van der Waals surface area contributed by atoms with E-state index in [0.717, 1.165) is 5.56 Å². The molecule has 1 aromatic heterocycles. The minimum atomic E-state index is -0.462. The smallest absolute Gasteiger partial charge is 0.307 e. The van der Waals surface area contributed by atoms with E-state index in [0.29, 0.717) is 22.7 Å². The first-order valence-electron chi connectivity index (χ1n) is 7.74. The van der Waals surface area contributed by atoms with Crippen molar-refractivity contribution < 1.29 is 4.74 Å². The number of nitrogens with one attached hydrogen (secondary N) is 3. The fraction of sp³-hybridized carbons (Fsp3) is 0.111. The molecule has 8 nitrogen and oxygen atoms in total. The van der Waals surface area contributed by atoms with Crippen LogP contribution in [0.2, 0.25) is 0 Å². The maximum atomic E-state index is 12.0. The standard InChI is InChI=1S/C18H16N6O2/c1-11-3-8-14(15(9-11)26-2)21-18-22-16(17(25)23-24-18)20-13-6-4-12(10-19)5-7-13/h3-9H,1-2H3,(H,23,25)(H2,20,21,22,24). The molecule has 3 rings (SSSR count). The van der Waals surface area contributed by atoms with Crippen molar-refractivity contribution in [3.8, 4) is 11.8 Å². The monoisotopic (exact) mass is 348 g/mol. The van der Waals surface area contributed by atoms with Gasteiger partial charge in [0.2, 0.25) is 11.8 Å². The minimum Gasteiger partial charge on any atom is -0.495 e. The summed E-state index contributed by atoms with van der Waals surface area (Å²) < 4.78 is 5.34. The van der Waals surface area contributed by atoms with E-state index in [4.69, 9.17) is 10.00 Å². The summed E-state index contributed by atoms with van der Waals surface area (Å²) >= 11 is 0. The van der Waals surface area contributed by atoms with Crippen molar-refractivity contribution in [2.24, 2.45) is 0 Å². The van der Waals surface area contributed by atoms with Gasteiger partial charge in [-0.2, -0.15) is 10.2 Å². The Morgan fingerprint density at radius 3 is 2.62 bits per heavy atom. The van der Waals surface area contributed by atoms with Gasteiger partial charge in [0.15, 0.2) is 0 Å². The second kappa shape index (κ2) is 7.36. The van der Waals surface area contributed by atoms with Crippen LogP contribution in [-0.2, 0) is 0 Å². The Kier molecular flexibility index (Phi) is 4.80. The first kappa shape index (κ1) is 17.0. The largest absolute Gasteiger partial charge is 0.495 e. The molecule has 1 heterocycles. The SMILES string of the molecule is COc1cc(C)ccc1Nc1n[nH]c(=O)c(Nc2ccc(C#N)cc2)n1. The third-order valence-corrected chi connectivity index (χ3v) is 3.58. The van der Waals surface area contributed by atoms with Crippen LogP contribution in [0.25, 0.3) is 0 Å². The maximum absolute atomic E-state index is 12.0. The molecule has 0 atom stereocenters. The average molecular weight is 348 g/mol. The molecule has 0 spiro atoms. The van der Waals surface area contributed by atoms with Gasteiger partial charge < -0.3 is 15.4 Å². The topological polar surface area (TPSA) is 116 Å².